The molecule has 0 aromatic rings. The van der Waals surface area contributed by atoms with Gasteiger partial charge in [-0.15, -0.1) is 0 Å². The molecule has 0 saturated carbocycles. The Bertz CT molecular complexity index is 253. The third-order valence-corrected chi connectivity index (χ3v) is 4.92. The van der Waals surface area contributed by atoms with Crippen LogP contribution in [-0.4, -0.2) is 11.9 Å². The van der Waals surface area contributed by atoms with E-state index in [-0.39, 0.29) is 29.6 Å². The predicted molar refractivity (Wildman–Crippen MR) is 98.5 cm³/mol. The van der Waals surface area contributed by atoms with Crippen molar-refractivity contribution in [2.45, 2.75) is 110 Å². The third-order valence-electron chi connectivity index (χ3n) is 4.21. The van der Waals surface area contributed by atoms with Crippen molar-refractivity contribution < 1.29 is 43.6 Å². The first-order valence-electron chi connectivity index (χ1n) is 9.77. The number of unbranched alkanes of at least 4 members (excludes halogenated alkanes) is 15. The van der Waals surface area contributed by atoms with Crippen LogP contribution in [-0.2, 0) is 4.18 Å². The van der Waals surface area contributed by atoms with E-state index in [1.54, 1.807) is 0 Å². The summed E-state index contributed by atoms with van der Waals surface area (Å²) in [6, 6.07) is 0. The van der Waals surface area contributed by atoms with Crippen LogP contribution in [0, 0.1) is 0 Å². The molecule has 0 aliphatic heterocycles. The third kappa shape index (κ3) is 24.9. The molecule has 0 spiro atoms. The molecule has 0 aromatic carbocycles. The maximum Gasteiger partial charge on any atom is 1.00 e. The summed E-state index contributed by atoms with van der Waals surface area (Å²) in [6.45, 7) is 2.27. The van der Waals surface area contributed by atoms with Gasteiger partial charge in [-0.2, -0.15) is 0 Å². The molecule has 0 rings (SSSR count). The number of hydrogen-bond donors (Lipinski definition) is 0. The van der Waals surface area contributed by atoms with Crippen LogP contribution in [0.2, 0.25) is 0 Å². The van der Waals surface area contributed by atoms with Gasteiger partial charge in [0.2, 0.25) is 0 Å². The largest absolute Gasteiger partial charge is 1.00 e. The van der Waals surface area contributed by atoms with Crippen LogP contribution < -0.4 is 34.7 Å². The van der Waals surface area contributed by atoms with Crippen molar-refractivity contribution in [3.63, 3.8) is 0 Å². The van der Waals surface area contributed by atoms with E-state index in [2.05, 4.69) is 11.1 Å². The molecular weight excluding hydrogens is 331 g/mol. The van der Waals surface area contributed by atoms with E-state index in [0.29, 0.717) is 0 Å². The second-order valence-corrected chi connectivity index (χ2v) is 7.27. The average Bonchev–Trinajstić information content (AvgIpc) is 2.53. The summed E-state index contributed by atoms with van der Waals surface area (Å²) >= 11 is 0.986. The van der Waals surface area contributed by atoms with Crippen molar-refractivity contribution >= 4 is 18.2 Å². The van der Waals surface area contributed by atoms with Gasteiger partial charge in [-0.05, 0) is 18.5 Å². The Morgan fingerprint density at radius 2 is 1.04 bits per heavy atom. The van der Waals surface area contributed by atoms with Gasteiger partial charge in [0.1, 0.15) is 0 Å². The number of carbonyl (C=O) groups excluding carboxylic acids is 1. The second kappa shape index (κ2) is 23.6. The molecule has 0 atom stereocenters. The van der Waals surface area contributed by atoms with E-state index in [4.69, 9.17) is 0 Å². The SMILES string of the molecule is CCCCCCCCCCCCCCCCCCSOC(=O)[O-].[Na+]. The maximum absolute atomic E-state index is 10.0. The Labute approximate surface area is 176 Å². The fourth-order valence-corrected chi connectivity index (χ4v) is 3.30. The van der Waals surface area contributed by atoms with Crippen LogP contribution in [0.4, 0.5) is 4.79 Å². The van der Waals surface area contributed by atoms with E-state index in [9.17, 15) is 9.90 Å². The zero-order valence-electron chi connectivity index (χ0n) is 16.2. The summed E-state index contributed by atoms with van der Waals surface area (Å²) < 4.78 is 4.29. The monoisotopic (exact) mass is 368 g/mol. The molecule has 0 fully saturated rings. The van der Waals surface area contributed by atoms with Crippen molar-refractivity contribution in [1.82, 2.24) is 0 Å². The molecule has 24 heavy (non-hydrogen) atoms. The first-order valence-corrected chi connectivity index (χ1v) is 10.7. The van der Waals surface area contributed by atoms with E-state index in [0.717, 1.165) is 24.2 Å². The number of carboxylic acid groups (broad SMARTS) is 1. The molecular formula is C19H37NaO3S. The summed E-state index contributed by atoms with van der Waals surface area (Å²) in [7, 11) is 0. The molecule has 0 aliphatic carbocycles. The van der Waals surface area contributed by atoms with Gasteiger partial charge in [-0.1, -0.05) is 103 Å². The fourth-order valence-electron chi connectivity index (χ4n) is 2.80. The van der Waals surface area contributed by atoms with Crippen molar-refractivity contribution in [3.05, 3.63) is 0 Å². The minimum atomic E-state index is -1.44. The Morgan fingerprint density at radius 3 is 1.38 bits per heavy atom. The van der Waals surface area contributed by atoms with Gasteiger partial charge in [-0.25, -0.2) is 0 Å². The Balaban J connectivity index is 0. The van der Waals surface area contributed by atoms with Crippen LogP contribution in [0.3, 0.4) is 0 Å². The van der Waals surface area contributed by atoms with Crippen LogP contribution in [0.15, 0.2) is 0 Å². The summed E-state index contributed by atoms with van der Waals surface area (Å²) in [5, 5.41) is 10.0. The molecule has 0 saturated heterocycles. The van der Waals surface area contributed by atoms with Crippen molar-refractivity contribution in [2.24, 2.45) is 0 Å². The zero-order chi connectivity index (χ0) is 17.0. The maximum atomic E-state index is 10.0. The number of rotatable bonds is 18. The normalized spacial score (nSPS) is 10.4. The molecule has 138 valence electrons. The molecule has 3 nitrogen and oxygen atoms in total. The van der Waals surface area contributed by atoms with E-state index >= 15 is 0 Å². The summed E-state index contributed by atoms with van der Waals surface area (Å²) in [5.41, 5.74) is 0. The second-order valence-electron chi connectivity index (χ2n) is 6.46. The molecule has 0 heterocycles. The van der Waals surface area contributed by atoms with Gasteiger partial charge in [0.25, 0.3) is 6.16 Å². The van der Waals surface area contributed by atoms with E-state index in [1.165, 1.54) is 96.3 Å². The van der Waals surface area contributed by atoms with E-state index < -0.39 is 6.16 Å². The summed E-state index contributed by atoms with van der Waals surface area (Å²) in [5.74, 6) is 0.742. The molecule has 0 aromatic heterocycles. The van der Waals surface area contributed by atoms with E-state index in [1.807, 2.05) is 0 Å². The number of carbonyl (C=O) groups is 1. The van der Waals surface area contributed by atoms with Gasteiger partial charge in [0.05, 0.1) is 0 Å². The molecule has 0 radical (unpaired) electrons. The molecule has 0 unspecified atom stereocenters. The molecule has 5 heteroatoms. The minimum absolute atomic E-state index is 0. The smallest absolute Gasteiger partial charge is 0.482 e. The average molecular weight is 369 g/mol. The van der Waals surface area contributed by atoms with Crippen LogP contribution >= 0.6 is 12.0 Å². The number of hydrogen-bond acceptors (Lipinski definition) is 4. The first kappa shape index (κ1) is 26.8. The molecule has 0 bridgehead atoms. The molecule has 0 amide bonds. The van der Waals surface area contributed by atoms with Crippen molar-refractivity contribution in [1.29, 1.82) is 0 Å². The fraction of sp³-hybridized carbons (Fsp3) is 0.947. The van der Waals surface area contributed by atoms with Crippen molar-refractivity contribution in [3.8, 4) is 0 Å². The molecule has 0 aliphatic rings. The topological polar surface area (TPSA) is 49.4 Å². The first-order chi connectivity index (χ1) is 11.3. The van der Waals surface area contributed by atoms with Crippen LogP contribution in [0.1, 0.15) is 110 Å². The predicted octanol–water partition coefficient (Wildman–Crippen LogP) is 3.26. The molecule has 0 N–H and O–H groups in total. The summed E-state index contributed by atoms with van der Waals surface area (Å²) in [4.78, 5) is 10.0. The summed E-state index contributed by atoms with van der Waals surface area (Å²) in [6.07, 6.45) is 20.2. The minimum Gasteiger partial charge on any atom is -0.482 e. The van der Waals surface area contributed by atoms with Gasteiger partial charge < -0.3 is 14.1 Å². The van der Waals surface area contributed by atoms with Gasteiger partial charge in [-0.3, -0.25) is 0 Å². The van der Waals surface area contributed by atoms with Crippen LogP contribution in [0.25, 0.3) is 0 Å². The standard InChI is InChI=1S/C19H38O3S.Na/c1-2-3-4-5-6-7-8-9-10-11-12-13-14-15-16-17-18-23-22-19(20)21;/h2-18H2,1H3,(H,20,21);/q;+1/p-1. The van der Waals surface area contributed by atoms with Gasteiger partial charge >= 0.3 is 29.6 Å². The van der Waals surface area contributed by atoms with Gasteiger partial charge in [0, 0.05) is 5.75 Å². The quantitative estimate of drug-likeness (QED) is 0.212. The Kier molecular flexibility index (Phi) is 26.4. The van der Waals surface area contributed by atoms with Crippen molar-refractivity contribution in [2.75, 3.05) is 5.75 Å². The van der Waals surface area contributed by atoms with Crippen LogP contribution in [0.5, 0.6) is 0 Å². The zero-order valence-corrected chi connectivity index (χ0v) is 19.0. The Morgan fingerprint density at radius 1 is 0.708 bits per heavy atom. The van der Waals surface area contributed by atoms with Gasteiger partial charge in [0.15, 0.2) is 0 Å². The Hall–Kier alpha value is 0.620.